The molecule has 104 valence electrons. The maximum Gasteiger partial charge on any atom is 0.306 e. The summed E-state index contributed by atoms with van der Waals surface area (Å²) in [5, 5.41) is 10.1. The Balaban J connectivity index is 3.43. The predicted octanol–water partition coefficient (Wildman–Crippen LogP) is 1.67. The van der Waals surface area contributed by atoms with E-state index in [-0.39, 0.29) is 0 Å². The third kappa shape index (κ3) is 3.61. The number of nitro benzene ring substituents is 1. The molecule has 0 aromatic heterocycles. The van der Waals surface area contributed by atoms with E-state index in [9.17, 15) is 22.9 Å². The van der Waals surface area contributed by atoms with Crippen LogP contribution in [0.4, 0.5) is 10.1 Å². The molecule has 0 unspecified atom stereocenters. The standard InChI is InChI=1S/C9H9ClFN3O4S/c1-13(2)5-12-19(17,18)9-4-8(14(15)16)7(11)3-6(9)10/h3-5H,1-2H3. The molecule has 0 aliphatic heterocycles. The van der Waals surface area contributed by atoms with E-state index in [2.05, 4.69) is 4.40 Å². The Morgan fingerprint density at radius 3 is 2.53 bits per heavy atom. The first kappa shape index (κ1) is 15.3. The van der Waals surface area contributed by atoms with Gasteiger partial charge >= 0.3 is 5.69 Å². The van der Waals surface area contributed by atoms with Crippen LogP contribution in [0.5, 0.6) is 0 Å². The highest BCUT2D eigenvalue weighted by Gasteiger charge is 2.24. The van der Waals surface area contributed by atoms with E-state index in [4.69, 9.17) is 11.6 Å². The van der Waals surface area contributed by atoms with Crippen LogP contribution in [0.25, 0.3) is 0 Å². The van der Waals surface area contributed by atoms with Crippen LogP contribution < -0.4 is 0 Å². The van der Waals surface area contributed by atoms with Gasteiger partial charge in [-0.25, -0.2) is 0 Å². The number of halogens is 2. The lowest BCUT2D eigenvalue weighted by Gasteiger charge is -2.05. The van der Waals surface area contributed by atoms with Crippen LogP contribution in [0.1, 0.15) is 0 Å². The van der Waals surface area contributed by atoms with Crippen molar-refractivity contribution in [3.63, 3.8) is 0 Å². The lowest BCUT2D eigenvalue weighted by atomic mass is 10.3. The summed E-state index contributed by atoms with van der Waals surface area (Å²) in [6.07, 6.45) is 0.987. The molecule has 0 N–H and O–H groups in total. The van der Waals surface area contributed by atoms with Gasteiger partial charge in [-0.2, -0.15) is 12.8 Å². The summed E-state index contributed by atoms with van der Waals surface area (Å²) in [5.41, 5.74) is -0.983. The van der Waals surface area contributed by atoms with Gasteiger partial charge in [-0.1, -0.05) is 11.6 Å². The number of sulfonamides is 1. The molecule has 1 aromatic carbocycles. The first-order valence-electron chi connectivity index (χ1n) is 4.75. The van der Waals surface area contributed by atoms with Gasteiger partial charge in [-0.15, -0.1) is 4.40 Å². The Labute approximate surface area is 113 Å². The number of hydrogen-bond donors (Lipinski definition) is 0. The summed E-state index contributed by atoms with van der Waals surface area (Å²) in [6, 6.07) is 1.11. The van der Waals surface area contributed by atoms with Crippen molar-refractivity contribution in [3.8, 4) is 0 Å². The first-order chi connectivity index (χ1) is 8.65. The fourth-order valence-corrected chi connectivity index (χ4v) is 2.50. The zero-order valence-corrected chi connectivity index (χ0v) is 11.4. The molecule has 0 atom stereocenters. The van der Waals surface area contributed by atoms with Crippen LogP contribution in [0.3, 0.4) is 0 Å². The molecule has 0 amide bonds. The lowest BCUT2D eigenvalue weighted by molar-refractivity contribution is -0.387. The van der Waals surface area contributed by atoms with Crippen molar-refractivity contribution in [2.24, 2.45) is 4.40 Å². The Hall–Kier alpha value is -1.74. The summed E-state index contributed by atoms with van der Waals surface area (Å²) in [5.74, 6) is -1.22. The molecular formula is C9H9ClFN3O4S. The second-order valence-corrected chi connectivity index (χ2v) is 5.66. The van der Waals surface area contributed by atoms with Crippen LogP contribution in [-0.4, -0.2) is 38.7 Å². The van der Waals surface area contributed by atoms with Crippen LogP contribution in [0, 0.1) is 15.9 Å². The number of nitrogens with zero attached hydrogens (tertiary/aromatic N) is 3. The molecule has 0 spiro atoms. The quantitative estimate of drug-likeness (QED) is 0.365. The Bertz CT molecular complexity index is 645. The molecule has 0 saturated heterocycles. The minimum absolute atomic E-state index is 0.473. The molecule has 0 radical (unpaired) electrons. The minimum Gasteiger partial charge on any atom is -0.368 e. The summed E-state index contributed by atoms with van der Waals surface area (Å²) in [4.78, 5) is 10.2. The van der Waals surface area contributed by atoms with Crippen molar-refractivity contribution in [1.82, 2.24) is 4.90 Å². The highest BCUT2D eigenvalue weighted by molar-refractivity contribution is 7.90. The van der Waals surface area contributed by atoms with Gasteiger partial charge < -0.3 is 4.90 Å². The van der Waals surface area contributed by atoms with E-state index < -0.39 is 36.4 Å². The van der Waals surface area contributed by atoms with Gasteiger partial charge in [0.2, 0.25) is 5.82 Å². The zero-order chi connectivity index (χ0) is 14.8. The van der Waals surface area contributed by atoms with Gasteiger partial charge in [0.05, 0.1) is 9.95 Å². The summed E-state index contributed by atoms with van der Waals surface area (Å²) in [7, 11) is -1.16. The molecule has 0 fully saturated rings. The molecule has 10 heteroatoms. The average molecular weight is 310 g/mol. The van der Waals surface area contributed by atoms with Crippen molar-refractivity contribution in [3.05, 3.63) is 33.1 Å². The van der Waals surface area contributed by atoms with Gasteiger partial charge in [0.1, 0.15) is 11.2 Å². The van der Waals surface area contributed by atoms with Crippen molar-refractivity contribution in [2.75, 3.05) is 14.1 Å². The third-order valence-corrected chi connectivity index (χ3v) is 3.58. The topological polar surface area (TPSA) is 92.9 Å². The minimum atomic E-state index is -4.23. The lowest BCUT2D eigenvalue weighted by Crippen LogP contribution is -2.10. The third-order valence-electron chi connectivity index (χ3n) is 1.89. The van der Waals surface area contributed by atoms with Gasteiger partial charge in [-0.3, -0.25) is 10.1 Å². The van der Waals surface area contributed by atoms with Crippen molar-refractivity contribution in [1.29, 1.82) is 0 Å². The molecule has 0 heterocycles. The molecule has 1 rings (SSSR count). The van der Waals surface area contributed by atoms with Gasteiger partial charge in [-0.05, 0) is 0 Å². The van der Waals surface area contributed by atoms with E-state index in [1.54, 1.807) is 0 Å². The van der Waals surface area contributed by atoms with Crippen LogP contribution in [0.15, 0.2) is 21.4 Å². The van der Waals surface area contributed by atoms with Crippen molar-refractivity contribution < 1.29 is 17.7 Å². The number of nitro groups is 1. The van der Waals surface area contributed by atoms with E-state index in [1.807, 2.05) is 0 Å². The fourth-order valence-electron chi connectivity index (χ4n) is 1.07. The maximum absolute atomic E-state index is 13.2. The molecule has 7 nitrogen and oxygen atoms in total. The van der Waals surface area contributed by atoms with Crippen LogP contribution >= 0.6 is 11.6 Å². The van der Waals surface area contributed by atoms with Crippen LogP contribution in [0.2, 0.25) is 5.02 Å². The predicted molar refractivity (Wildman–Crippen MR) is 67.4 cm³/mol. The zero-order valence-electron chi connectivity index (χ0n) is 9.87. The smallest absolute Gasteiger partial charge is 0.306 e. The van der Waals surface area contributed by atoms with E-state index in [1.165, 1.54) is 19.0 Å². The summed E-state index contributed by atoms with van der Waals surface area (Å²) in [6.45, 7) is 0. The van der Waals surface area contributed by atoms with Crippen LogP contribution in [-0.2, 0) is 10.0 Å². The monoisotopic (exact) mass is 309 g/mol. The van der Waals surface area contributed by atoms with E-state index in [0.717, 1.165) is 6.34 Å². The second kappa shape index (κ2) is 5.49. The number of hydrogen-bond acceptors (Lipinski definition) is 4. The molecule has 0 saturated carbocycles. The normalized spacial score (nSPS) is 11.8. The SMILES string of the molecule is CN(C)C=NS(=O)(=O)c1cc([N+](=O)[O-])c(F)cc1Cl. The van der Waals surface area contributed by atoms with E-state index >= 15 is 0 Å². The molecule has 0 aliphatic rings. The van der Waals surface area contributed by atoms with E-state index in [0.29, 0.717) is 12.1 Å². The van der Waals surface area contributed by atoms with Crippen molar-refractivity contribution >= 4 is 33.7 Å². The number of rotatable bonds is 4. The Kier molecular flexibility index (Phi) is 4.43. The highest BCUT2D eigenvalue weighted by Crippen LogP contribution is 2.30. The molecular weight excluding hydrogens is 301 g/mol. The number of benzene rings is 1. The maximum atomic E-state index is 13.2. The van der Waals surface area contributed by atoms with Gasteiger partial charge in [0, 0.05) is 26.2 Å². The average Bonchev–Trinajstić information content (AvgIpc) is 2.25. The van der Waals surface area contributed by atoms with Gasteiger partial charge in [0.25, 0.3) is 10.0 Å². The Morgan fingerprint density at radius 1 is 1.47 bits per heavy atom. The first-order valence-corrected chi connectivity index (χ1v) is 6.57. The Morgan fingerprint density at radius 2 is 2.05 bits per heavy atom. The second-order valence-electron chi connectivity index (χ2n) is 3.65. The highest BCUT2D eigenvalue weighted by atomic mass is 35.5. The fraction of sp³-hybridized carbons (Fsp3) is 0.222. The largest absolute Gasteiger partial charge is 0.368 e. The molecule has 19 heavy (non-hydrogen) atoms. The molecule has 0 aliphatic carbocycles. The summed E-state index contributed by atoms with van der Waals surface area (Å²) >= 11 is 5.58. The van der Waals surface area contributed by atoms with Gasteiger partial charge in [0.15, 0.2) is 0 Å². The summed E-state index contributed by atoms with van der Waals surface area (Å²) < 4.78 is 40.1. The van der Waals surface area contributed by atoms with Crippen molar-refractivity contribution in [2.45, 2.75) is 4.90 Å². The molecule has 0 bridgehead atoms. The molecule has 1 aromatic rings.